The van der Waals surface area contributed by atoms with Crippen molar-refractivity contribution in [2.75, 3.05) is 19.0 Å². The molecule has 21 heavy (non-hydrogen) atoms. The van der Waals surface area contributed by atoms with Crippen LogP contribution >= 0.6 is 0 Å². The zero-order valence-electron chi connectivity index (χ0n) is 11.5. The summed E-state index contributed by atoms with van der Waals surface area (Å²) in [5, 5.41) is 10.00. The van der Waals surface area contributed by atoms with Crippen LogP contribution in [0.5, 0.6) is 0 Å². The molecule has 0 atom stereocenters. The Bertz CT molecular complexity index is 615. The standard InChI is InChI=1S/C12H17N3O5S/c1-20-11(16)6-3-7-14-12(17)15-9-4-2-5-10(8-9)21(13,18)19/h2,4-5,8H,3,6-7H2,1H3,(H2,13,18,19)(H2,14,15,17). The number of carbonyl (C=O) groups excluding carboxylic acids is 2. The zero-order chi connectivity index (χ0) is 15.9. The van der Waals surface area contributed by atoms with E-state index in [2.05, 4.69) is 15.4 Å². The van der Waals surface area contributed by atoms with Crippen LogP contribution in [0.3, 0.4) is 0 Å². The number of carbonyl (C=O) groups is 2. The molecule has 0 radical (unpaired) electrons. The van der Waals surface area contributed by atoms with Crippen LogP contribution in [0.25, 0.3) is 0 Å². The molecule has 0 aliphatic rings. The van der Waals surface area contributed by atoms with E-state index in [1.165, 1.54) is 31.4 Å². The number of nitrogens with two attached hydrogens (primary N) is 1. The first kappa shape index (κ1) is 16.9. The quantitative estimate of drug-likeness (QED) is 0.517. The number of sulfonamides is 1. The van der Waals surface area contributed by atoms with E-state index in [4.69, 9.17) is 5.14 Å². The lowest BCUT2D eigenvalue weighted by Gasteiger charge is -2.08. The molecule has 1 aromatic rings. The smallest absolute Gasteiger partial charge is 0.319 e. The number of esters is 1. The van der Waals surface area contributed by atoms with Crippen LogP contribution < -0.4 is 15.8 Å². The van der Waals surface area contributed by atoms with E-state index in [1.807, 2.05) is 0 Å². The lowest BCUT2D eigenvalue weighted by Crippen LogP contribution is -2.30. The predicted molar refractivity (Wildman–Crippen MR) is 76.1 cm³/mol. The summed E-state index contributed by atoms with van der Waals surface area (Å²) in [7, 11) is -2.52. The highest BCUT2D eigenvalue weighted by molar-refractivity contribution is 7.89. The number of methoxy groups -OCH3 is 1. The van der Waals surface area contributed by atoms with Gasteiger partial charge in [0.1, 0.15) is 0 Å². The topological polar surface area (TPSA) is 128 Å². The van der Waals surface area contributed by atoms with Gasteiger partial charge in [-0.15, -0.1) is 0 Å². The molecule has 0 aliphatic carbocycles. The van der Waals surface area contributed by atoms with Crippen LogP contribution in [-0.4, -0.2) is 34.1 Å². The SMILES string of the molecule is COC(=O)CCCNC(=O)Nc1cccc(S(N)(=O)=O)c1. The van der Waals surface area contributed by atoms with Crippen LogP contribution in [0.2, 0.25) is 0 Å². The van der Waals surface area contributed by atoms with Gasteiger partial charge in [0.2, 0.25) is 10.0 Å². The Morgan fingerprint density at radius 2 is 2.05 bits per heavy atom. The molecule has 8 nitrogen and oxygen atoms in total. The van der Waals surface area contributed by atoms with Crippen LogP contribution in [0, 0.1) is 0 Å². The molecule has 0 aliphatic heterocycles. The second kappa shape index (κ2) is 7.60. The molecule has 4 N–H and O–H groups in total. The number of hydrogen-bond acceptors (Lipinski definition) is 5. The van der Waals surface area contributed by atoms with Gasteiger partial charge in [0.25, 0.3) is 0 Å². The van der Waals surface area contributed by atoms with Crippen molar-refractivity contribution in [3.05, 3.63) is 24.3 Å². The van der Waals surface area contributed by atoms with Crippen molar-refractivity contribution in [2.24, 2.45) is 5.14 Å². The van der Waals surface area contributed by atoms with Gasteiger partial charge in [-0.05, 0) is 24.6 Å². The van der Waals surface area contributed by atoms with Gasteiger partial charge in [-0.3, -0.25) is 4.79 Å². The average Bonchev–Trinajstić information content (AvgIpc) is 2.42. The van der Waals surface area contributed by atoms with Crippen molar-refractivity contribution in [2.45, 2.75) is 17.7 Å². The number of primary sulfonamides is 1. The summed E-state index contributed by atoms with van der Waals surface area (Å²) in [6.45, 7) is 0.288. The van der Waals surface area contributed by atoms with E-state index in [0.717, 1.165) is 0 Å². The summed E-state index contributed by atoms with van der Waals surface area (Å²) in [6.07, 6.45) is 0.648. The second-order valence-corrected chi connectivity index (χ2v) is 5.69. The largest absolute Gasteiger partial charge is 0.469 e. The fourth-order valence-electron chi connectivity index (χ4n) is 1.46. The molecule has 0 aromatic heterocycles. The molecule has 1 aromatic carbocycles. The Hall–Kier alpha value is -2.13. The molecule has 2 amide bonds. The highest BCUT2D eigenvalue weighted by atomic mass is 32.2. The molecule has 0 saturated carbocycles. The van der Waals surface area contributed by atoms with Crippen molar-refractivity contribution in [3.8, 4) is 0 Å². The number of urea groups is 1. The molecule has 1 rings (SSSR count). The second-order valence-electron chi connectivity index (χ2n) is 4.13. The van der Waals surface area contributed by atoms with Gasteiger partial charge < -0.3 is 15.4 Å². The van der Waals surface area contributed by atoms with Crippen LogP contribution in [0.15, 0.2) is 29.2 Å². The van der Waals surface area contributed by atoms with E-state index < -0.39 is 16.1 Å². The third kappa shape index (κ3) is 6.23. The van der Waals surface area contributed by atoms with E-state index in [1.54, 1.807) is 0 Å². The fraction of sp³-hybridized carbons (Fsp3) is 0.333. The molecule has 116 valence electrons. The first-order chi connectivity index (χ1) is 9.82. The summed E-state index contributed by atoms with van der Waals surface area (Å²) in [5.74, 6) is -0.349. The highest BCUT2D eigenvalue weighted by Crippen LogP contribution is 2.13. The third-order valence-electron chi connectivity index (χ3n) is 2.49. The Kier molecular flexibility index (Phi) is 6.12. The molecule has 0 fully saturated rings. The minimum atomic E-state index is -3.82. The summed E-state index contributed by atoms with van der Waals surface area (Å²) in [6, 6.07) is 5.07. The Balaban J connectivity index is 2.47. The number of benzene rings is 1. The van der Waals surface area contributed by atoms with Gasteiger partial charge in [0.15, 0.2) is 0 Å². The highest BCUT2D eigenvalue weighted by Gasteiger charge is 2.09. The van der Waals surface area contributed by atoms with Gasteiger partial charge in [-0.1, -0.05) is 6.07 Å². The summed E-state index contributed by atoms with van der Waals surface area (Å²) < 4.78 is 26.8. The summed E-state index contributed by atoms with van der Waals surface area (Å²) >= 11 is 0. The molecule has 0 saturated heterocycles. The van der Waals surface area contributed by atoms with E-state index in [-0.39, 0.29) is 23.8 Å². The third-order valence-corrected chi connectivity index (χ3v) is 3.40. The Morgan fingerprint density at radius 1 is 1.33 bits per heavy atom. The van der Waals surface area contributed by atoms with E-state index in [9.17, 15) is 18.0 Å². The number of anilines is 1. The zero-order valence-corrected chi connectivity index (χ0v) is 12.3. The summed E-state index contributed by atoms with van der Waals surface area (Å²) in [4.78, 5) is 22.3. The minimum absolute atomic E-state index is 0.0917. The van der Waals surface area contributed by atoms with Crippen molar-refractivity contribution in [1.82, 2.24) is 5.32 Å². The van der Waals surface area contributed by atoms with E-state index >= 15 is 0 Å². The minimum Gasteiger partial charge on any atom is -0.469 e. The molecule has 0 unspecified atom stereocenters. The van der Waals surface area contributed by atoms with E-state index in [0.29, 0.717) is 12.1 Å². The monoisotopic (exact) mass is 315 g/mol. The molecular weight excluding hydrogens is 298 g/mol. The fourth-order valence-corrected chi connectivity index (χ4v) is 2.02. The van der Waals surface area contributed by atoms with Gasteiger partial charge in [0.05, 0.1) is 12.0 Å². The van der Waals surface area contributed by atoms with Crippen LogP contribution in [0.1, 0.15) is 12.8 Å². The van der Waals surface area contributed by atoms with Crippen molar-refractivity contribution in [1.29, 1.82) is 0 Å². The van der Waals surface area contributed by atoms with Gasteiger partial charge in [-0.25, -0.2) is 18.4 Å². The van der Waals surface area contributed by atoms with Crippen LogP contribution in [-0.2, 0) is 19.6 Å². The molecule has 9 heteroatoms. The lowest BCUT2D eigenvalue weighted by molar-refractivity contribution is -0.140. The maximum atomic E-state index is 11.6. The van der Waals surface area contributed by atoms with Gasteiger partial charge in [-0.2, -0.15) is 0 Å². The maximum Gasteiger partial charge on any atom is 0.319 e. The van der Waals surface area contributed by atoms with Crippen molar-refractivity contribution < 1.29 is 22.7 Å². The van der Waals surface area contributed by atoms with Crippen molar-refractivity contribution in [3.63, 3.8) is 0 Å². The lowest BCUT2D eigenvalue weighted by atomic mass is 10.3. The molecule has 0 spiro atoms. The first-order valence-electron chi connectivity index (χ1n) is 6.07. The number of nitrogens with one attached hydrogen (secondary N) is 2. The molecule has 0 heterocycles. The molecule has 0 bridgehead atoms. The number of amides is 2. The maximum absolute atomic E-state index is 11.6. The molecular formula is C12H17N3O5S. The Morgan fingerprint density at radius 3 is 2.67 bits per heavy atom. The Labute approximate surface area is 122 Å². The number of ether oxygens (including phenoxy) is 1. The average molecular weight is 315 g/mol. The first-order valence-corrected chi connectivity index (χ1v) is 7.62. The number of rotatable bonds is 6. The van der Waals surface area contributed by atoms with Crippen LogP contribution in [0.4, 0.5) is 10.5 Å². The van der Waals surface area contributed by atoms with Gasteiger partial charge in [0, 0.05) is 18.7 Å². The number of hydrogen-bond donors (Lipinski definition) is 3. The normalized spacial score (nSPS) is 10.8. The predicted octanol–water partition coefficient (Wildman–Crippen LogP) is 0.409. The van der Waals surface area contributed by atoms with Crippen molar-refractivity contribution >= 4 is 27.7 Å². The summed E-state index contributed by atoms with van der Waals surface area (Å²) in [5.41, 5.74) is 0.298. The van der Waals surface area contributed by atoms with Gasteiger partial charge >= 0.3 is 12.0 Å².